The number of halogens is 1. The van der Waals surface area contributed by atoms with Crippen LogP contribution in [0.1, 0.15) is 6.42 Å². The normalized spacial score (nSPS) is 19.6. The molecule has 0 bridgehead atoms. The number of benzene rings is 2. The van der Waals surface area contributed by atoms with Gasteiger partial charge in [0, 0.05) is 28.8 Å². The van der Waals surface area contributed by atoms with Crippen LogP contribution in [0, 0.1) is 11.8 Å². The Kier molecular flexibility index (Phi) is 6.38. The van der Waals surface area contributed by atoms with Gasteiger partial charge in [0.25, 0.3) is 0 Å². The van der Waals surface area contributed by atoms with Crippen LogP contribution in [0.4, 0.5) is 11.4 Å². The molecule has 2 aromatic rings. The van der Waals surface area contributed by atoms with Crippen LogP contribution >= 0.6 is 27.7 Å². The number of thioether (sulfide) groups is 1. The van der Waals surface area contributed by atoms with Crippen molar-refractivity contribution in [3.8, 4) is 0 Å². The summed E-state index contributed by atoms with van der Waals surface area (Å²) in [7, 11) is 0. The molecule has 4 nitrogen and oxygen atoms in total. The van der Waals surface area contributed by atoms with Gasteiger partial charge in [-0.2, -0.15) is 11.8 Å². The second kappa shape index (κ2) is 8.73. The van der Waals surface area contributed by atoms with Gasteiger partial charge in [0.2, 0.25) is 11.8 Å². The van der Waals surface area contributed by atoms with E-state index in [1.54, 1.807) is 11.8 Å². The summed E-state index contributed by atoms with van der Waals surface area (Å²) in [5.74, 6) is 0.685. The van der Waals surface area contributed by atoms with Gasteiger partial charge in [0.15, 0.2) is 0 Å². The lowest BCUT2D eigenvalue weighted by molar-refractivity contribution is -0.125. The van der Waals surface area contributed by atoms with E-state index in [2.05, 4.69) is 21.2 Å². The van der Waals surface area contributed by atoms with E-state index in [9.17, 15) is 9.59 Å². The summed E-state index contributed by atoms with van der Waals surface area (Å²) in [5, 5.41) is 2.90. The Morgan fingerprint density at radius 1 is 1.19 bits per heavy atom. The molecule has 0 aliphatic carbocycles. The summed E-state index contributed by atoms with van der Waals surface area (Å²) in [4.78, 5) is 27.3. The van der Waals surface area contributed by atoms with Gasteiger partial charge in [-0.15, -0.1) is 0 Å². The van der Waals surface area contributed by atoms with E-state index < -0.39 is 0 Å². The zero-order valence-electron chi connectivity index (χ0n) is 14.5. The first-order chi connectivity index (χ1) is 12.6. The second-order valence-corrected chi connectivity index (χ2v) is 8.19. The van der Waals surface area contributed by atoms with Crippen molar-refractivity contribution in [2.24, 2.45) is 11.8 Å². The van der Waals surface area contributed by atoms with Crippen LogP contribution in [0.2, 0.25) is 0 Å². The highest BCUT2D eigenvalue weighted by molar-refractivity contribution is 9.10. The van der Waals surface area contributed by atoms with Crippen LogP contribution in [0.15, 0.2) is 59.1 Å². The van der Waals surface area contributed by atoms with Gasteiger partial charge < -0.3 is 10.2 Å². The number of hydrogen-bond acceptors (Lipinski definition) is 3. The van der Waals surface area contributed by atoms with Gasteiger partial charge in [-0.05, 0) is 54.3 Å². The smallest absolute Gasteiger partial charge is 0.231 e. The van der Waals surface area contributed by atoms with Crippen molar-refractivity contribution in [2.75, 3.05) is 28.8 Å². The average Bonchev–Trinajstić information content (AvgIpc) is 2.94. The van der Waals surface area contributed by atoms with Crippen molar-refractivity contribution < 1.29 is 9.59 Å². The third-order valence-electron chi connectivity index (χ3n) is 4.55. The Hall–Kier alpha value is -1.79. The summed E-state index contributed by atoms with van der Waals surface area (Å²) < 4.78 is 0.958. The maximum absolute atomic E-state index is 13.0. The fraction of sp³-hybridized carbons (Fsp3) is 0.300. The molecule has 0 radical (unpaired) electrons. The highest BCUT2D eigenvalue weighted by Gasteiger charge is 2.41. The molecule has 1 aliphatic heterocycles. The quantitative estimate of drug-likeness (QED) is 0.734. The van der Waals surface area contributed by atoms with Crippen LogP contribution in [0.3, 0.4) is 0 Å². The maximum atomic E-state index is 13.0. The Morgan fingerprint density at radius 2 is 1.88 bits per heavy atom. The lowest BCUT2D eigenvalue weighted by atomic mass is 9.93. The summed E-state index contributed by atoms with van der Waals surface area (Å²) in [6.07, 6.45) is 2.25. The predicted octanol–water partition coefficient (Wildman–Crippen LogP) is 4.42. The molecule has 26 heavy (non-hydrogen) atoms. The van der Waals surface area contributed by atoms with Gasteiger partial charge in [-0.25, -0.2) is 0 Å². The van der Waals surface area contributed by atoms with Crippen LogP contribution in [0.5, 0.6) is 0 Å². The molecule has 1 fully saturated rings. The first-order valence-corrected chi connectivity index (χ1v) is 10.7. The molecule has 2 amide bonds. The standard InChI is InChI=1S/C20H21BrN2O2S/c1-26-13-14-12-23(17-5-3-2-4-6-17)20(25)18(14)11-19(24)22-16-9-7-15(21)8-10-16/h2-10,14,18H,11-13H2,1H3,(H,22,24)/t14-,18+/m1/s1. The zero-order valence-corrected chi connectivity index (χ0v) is 16.9. The highest BCUT2D eigenvalue weighted by Crippen LogP contribution is 2.33. The fourth-order valence-electron chi connectivity index (χ4n) is 3.28. The number of rotatable bonds is 6. The van der Waals surface area contributed by atoms with Crippen molar-refractivity contribution >= 4 is 50.9 Å². The molecule has 1 heterocycles. The molecule has 0 aromatic heterocycles. The van der Waals surface area contributed by atoms with E-state index in [1.807, 2.05) is 65.8 Å². The monoisotopic (exact) mass is 432 g/mol. The molecule has 2 atom stereocenters. The summed E-state index contributed by atoms with van der Waals surface area (Å²) in [6.45, 7) is 0.667. The third kappa shape index (κ3) is 4.48. The Bertz CT molecular complexity index is 767. The summed E-state index contributed by atoms with van der Waals surface area (Å²) in [5.41, 5.74) is 1.64. The minimum absolute atomic E-state index is 0.0428. The second-order valence-electron chi connectivity index (χ2n) is 6.37. The van der Waals surface area contributed by atoms with Gasteiger partial charge >= 0.3 is 0 Å². The van der Waals surface area contributed by atoms with Crippen LogP contribution < -0.4 is 10.2 Å². The minimum Gasteiger partial charge on any atom is -0.326 e. The van der Waals surface area contributed by atoms with Crippen LogP contribution in [-0.4, -0.2) is 30.4 Å². The van der Waals surface area contributed by atoms with Gasteiger partial charge in [0.1, 0.15) is 0 Å². The van der Waals surface area contributed by atoms with Crippen molar-refractivity contribution in [2.45, 2.75) is 6.42 Å². The number of hydrogen-bond donors (Lipinski definition) is 1. The number of carbonyl (C=O) groups excluding carboxylic acids is 2. The molecule has 0 unspecified atom stereocenters. The Labute approximate surface area is 166 Å². The maximum Gasteiger partial charge on any atom is 0.231 e. The first-order valence-electron chi connectivity index (χ1n) is 8.49. The number of nitrogens with one attached hydrogen (secondary N) is 1. The molecule has 6 heteroatoms. The van der Waals surface area contributed by atoms with E-state index in [-0.39, 0.29) is 30.1 Å². The molecule has 1 saturated heterocycles. The van der Waals surface area contributed by atoms with Crippen molar-refractivity contribution in [1.29, 1.82) is 0 Å². The largest absolute Gasteiger partial charge is 0.326 e. The minimum atomic E-state index is -0.280. The van der Waals surface area contributed by atoms with Crippen molar-refractivity contribution in [1.82, 2.24) is 0 Å². The molecular weight excluding hydrogens is 412 g/mol. The Morgan fingerprint density at radius 3 is 2.54 bits per heavy atom. The molecule has 0 saturated carbocycles. The number of para-hydroxylation sites is 1. The van der Waals surface area contributed by atoms with Crippen molar-refractivity contribution in [3.63, 3.8) is 0 Å². The zero-order chi connectivity index (χ0) is 18.5. The molecule has 3 rings (SSSR count). The highest BCUT2D eigenvalue weighted by atomic mass is 79.9. The molecule has 1 N–H and O–H groups in total. The van der Waals surface area contributed by atoms with Gasteiger partial charge in [-0.1, -0.05) is 34.1 Å². The summed E-state index contributed by atoms with van der Waals surface area (Å²) >= 11 is 5.10. The predicted molar refractivity (Wildman–Crippen MR) is 112 cm³/mol. The van der Waals surface area contributed by atoms with Crippen molar-refractivity contribution in [3.05, 3.63) is 59.1 Å². The lowest BCUT2D eigenvalue weighted by Crippen LogP contribution is -2.29. The third-order valence-corrected chi connectivity index (χ3v) is 5.84. The molecular formula is C20H21BrN2O2S. The van der Waals surface area contributed by atoms with Gasteiger partial charge in [0.05, 0.1) is 5.92 Å². The van der Waals surface area contributed by atoms with E-state index in [0.29, 0.717) is 6.54 Å². The average molecular weight is 433 g/mol. The van der Waals surface area contributed by atoms with E-state index in [4.69, 9.17) is 0 Å². The van der Waals surface area contributed by atoms with Crippen LogP contribution in [-0.2, 0) is 9.59 Å². The van der Waals surface area contributed by atoms with Crippen LogP contribution in [0.25, 0.3) is 0 Å². The fourth-order valence-corrected chi connectivity index (χ4v) is 4.31. The first kappa shape index (κ1) is 19.0. The number of amides is 2. The number of carbonyl (C=O) groups is 2. The van der Waals surface area contributed by atoms with E-state index in [0.717, 1.165) is 21.6 Å². The number of nitrogens with zero attached hydrogens (tertiary/aromatic N) is 1. The molecule has 0 spiro atoms. The van der Waals surface area contributed by atoms with Gasteiger partial charge in [-0.3, -0.25) is 9.59 Å². The molecule has 136 valence electrons. The van der Waals surface area contributed by atoms with E-state index >= 15 is 0 Å². The Balaban J connectivity index is 1.70. The lowest BCUT2D eigenvalue weighted by Gasteiger charge is -2.16. The summed E-state index contributed by atoms with van der Waals surface area (Å²) in [6, 6.07) is 17.1. The molecule has 2 aromatic carbocycles. The SMILES string of the molecule is CSC[C@H]1CN(c2ccccc2)C(=O)[C@H]1CC(=O)Nc1ccc(Br)cc1. The van der Waals surface area contributed by atoms with E-state index in [1.165, 1.54) is 0 Å². The topological polar surface area (TPSA) is 49.4 Å². The number of anilines is 2. The molecule has 1 aliphatic rings.